The van der Waals surface area contributed by atoms with Crippen molar-refractivity contribution in [2.24, 2.45) is 0 Å². The molecular formula is C14H23ClN2S. The van der Waals surface area contributed by atoms with Gasteiger partial charge in [0.05, 0.1) is 4.34 Å². The second kappa shape index (κ2) is 6.71. The van der Waals surface area contributed by atoms with Gasteiger partial charge in [0.2, 0.25) is 0 Å². The van der Waals surface area contributed by atoms with E-state index < -0.39 is 0 Å². The number of hydrogen-bond donors (Lipinski definition) is 1. The fraction of sp³-hybridized carbons (Fsp3) is 0.571. The summed E-state index contributed by atoms with van der Waals surface area (Å²) in [7, 11) is 2.11. The Morgan fingerprint density at radius 1 is 1.44 bits per heavy atom. The number of hydrogen-bond acceptors (Lipinski definition) is 3. The minimum absolute atomic E-state index is 0.142. The van der Waals surface area contributed by atoms with Crippen LogP contribution in [0.2, 0.25) is 4.34 Å². The number of thiophene rings is 1. The molecule has 0 unspecified atom stereocenters. The molecule has 1 rings (SSSR count). The maximum atomic E-state index is 5.92. The highest BCUT2D eigenvalue weighted by atomic mass is 35.5. The molecule has 1 N–H and O–H groups in total. The Kier molecular flexibility index (Phi) is 5.86. The Morgan fingerprint density at radius 2 is 2.11 bits per heavy atom. The van der Waals surface area contributed by atoms with Crippen molar-refractivity contribution in [3.05, 3.63) is 33.5 Å². The molecule has 18 heavy (non-hydrogen) atoms. The van der Waals surface area contributed by atoms with Crippen molar-refractivity contribution in [1.29, 1.82) is 0 Å². The lowest BCUT2D eigenvalue weighted by molar-refractivity contribution is 0.349. The summed E-state index contributed by atoms with van der Waals surface area (Å²) < 4.78 is 0.853. The van der Waals surface area contributed by atoms with Gasteiger partial charge in [0, 0.05) is 30.1 Å². The summed E-state index contributed by atoms with van der Waals surface area (Å²) in [5.41, 5.74) is 1.35. The van der Waals surface area contributed by atoms with Crippen LogP contribution in [0.3, 0.4) is 0 Å². The summed E-state index contributed by atoms with van der Waals surface area (Å²) >= 11 is 7.56. The van der Waals surface area contributed by atoms with Gasteiger partial charge in [-0.3, -0.25) is 4.90 Å². The van der Waals surface area contributed by atoms with Gasteiger partial charge >= 0.3 is 0 Å². The van der Waals surface area contributed by atoms with Gasteiger partial charge in [-0.15, -0.1) is 11.3 Å². The average molecular weight is 287 g/mol. The first-order valence-electron chi connectivity index (χ1n) is 6.11. The van der Waals surface area contributed by atoms with Gasteiger partial charge in [0.25, 0.3) is 0 Å². The summed E-state index contributed by atoms with van der Waals surface area (Å²) in [4.78, 5) is 3.55. The molecule has 0 aliphatic rings. The van der Waals surface area contributed by atoms with E-state index in [1.807, 2.05) is 6.07 Å². The molecule has 0 aliphatic heterocycles. The zero-order chi connectivity index (χ0) is 13.8. The van der Waals surface area contributed by atoms with Crippen molar-refractivity contribution in [2.75, 3.05) is 20.1 Å². The number of nitrogens with one attached hydrogen (secondary N) is 1. The molecule has 4 heteroatoms. The van der Waals surface area contributed by atoms with E-state index >= 15 is 0 Å². The molecule has 0 bridgehead atoms. The van der Waals surface area contributed by atoms with E-state index in [-0.39, 0.29) is 5.54 Å². The lowest BCUT2D eigenvalue weighted by Crippen LogP contribution is -2.38. The summed E-state index contributed by atoms with van der Waals surface area (Å²) in [6.07, 6.45) is 0. The zero-order valence-electron chi connectivity index (χ0n) is 11.7. The van der Waals surface area contributed by atoms with Gasteiger partial charge in [-0.1, -0.05) is 18.2 Å². The molecule has 0 aliphatic carbocycles. The van der Waals surface area contributed by atoms with Crippen LogP contribution >= 0.6 is 22.9 Å². The first kappa shape index (κ1) is 15.7. The fourth-order valence-electron chi connectivity index (χ4n) is 1.59. The molecule has 0 spiro atoms. The molecule has 0 fully saturated rings. The average Bonchev–Trinajstić information content (AvgIpc) is 2.59. The largest absolute Gasteiger partial charge is 0.308 e. The molecule has 1 aromatic heterocycles. The predicted octanol–water partition coefficient (Wildman–Crippen LogP) is 3.78. The highest BCUT2D eigenvalue weighted by Crippen LogP contribution is 2.22. The normalized spacial score (nSPS) is 12.1. The van der Waals surface area contributed by atoms with Gasteiger partial charge in [-0.2, -0.15) is 0 Å². The molecule has 0 atom stereocenters. The molecule has 0 amide bonds. The summed E-state index contributed by atoms with van der Waals surface area (Å²) in [5.74, 6) is 0. The Bertz CT molecular complexity index is 393. The van der Waals surface area contributed by atoms with Crippen LogP contribution in [0.15, 0.2) is 24.3 Å². The van der Waals surface area contributed by atoms with E-state index in [0.29, 0.717) is 0 Å². The molecule has 2 nitrogen and oxygen atoms in total. The maximum absolute atomic E-state index is 5.92. The lowest BCUT2D eigenvalue weighted by Gasteiger charge is -2.23. The highest BCUT2D eigenvalue weighted by molar-refractivity contribution is 7.16. The van der Waals surface area contributed by atoms with E-state index in [0.717, 1.165) is 24.0 Å². The molecule has 0 radical (unpaired) electrons. The van der Waals surface area contributed by atoms with Gasteiger partial charge in [0.1, 0.15) is 0 Å². The summed E-state index contributed by atoms with van der Waals surface area (Å²) in [5, 5.41) is 3.45. The fourth-order valence-corrected chi connectivity index (χ4v) is 2.75. The Morgan fingerprint density at radius 3 is 2.61 bits per heavy atom. The summed E-state index contributed by atoms with van der Waals surface area (Å²) in [6.45, 7) is 13.3. The third kappa shape index (κ3) is 6.55. The predicted molar refractivity (Wildman–Crippen MR) is 82.6 cm³/mol. The number of rotatable bonds is 6. The molecule has 1 heterocycles. The van der Waals surface area contributed by atoms with Gasteiger partial charge in [0.15, 0.2) is 0 Å². The van der Waals surface area contributed by atoms with E-state index in [1.54, 1.807) is 11.3 Å². The van der Waals surface area contributed by atoms with Crippen molar-refractivity contribution < 1.29 is 0 Å². The second-order valence-electron chi connectivity index (χ2n) is 5.73. The van der Waals surface area contributed by atoms with Crippen LogP contribution in [0.5, 0.6) is 0 Å². The van der Waals surface area contributed by atoms with Crippen LogP contribution in [0, 0.1) is 0 Å². The van der Waals surface area contributed by atoms with E-state index in [1.165, 1.54) is 10.5 Å². The molecular weight excluding hydrogens is 264 g/mol. The Labute approximate surface area is 120 Å². The van der Waals surface area contributed by atoms with Crippen molar-refractivity contribution in [1.82, 2.24) is 10.2 Å². The molecule has 0 saturated heterocycles. The van der Waals surface area contributed by atoms with E-state index in [2.05, 4.69) is 50.7 Å². The van der Waals surface area contributed by atoms with E-state index in [9.17, 15) is 0 Å². The standard InChI is InChI=1S/C14H23ClN2S/c1-11(8-16-14(2,3)4)9-17(5)10-12-6-7-13(15)18-12/h6-7,16H,1,8-10H2,2-5H3. The van der Waals surface area contributed by atoms with Crippen molar-refractivity contribution in [3.8, 4) is 0 Å². The lowest BCUT2D eigenvalue weighted by atomic mass is 10.1. The topological polar surface area (TPSA) is 15.3 Å². The van der Waals surface area contributed by atoms with Crippen LogP contribution in [0.1, 0.15) is 25.6 Å². The SMILES string of the molecule is C=C(CNC(C)(C)C)CN(C)Cc1ccc(Cl)s1. The van der Waals surface area contributed by atoms with Crippen LogP contribution in [-0.4, -0.2) is 30.6 Å². The summed E-state index contributed by atoms with van der Waals surface area (Å²) in [6, 6.07) is 4.03. The highest BCUT2D eigenvalue weighted by Gasteiger charge is 2.10. The Balaban J connectivity index is 2.31. The number of halogens is 1. The Hall–Kier alpha value is -0.350. The van der Waals surface area contributed by atoms with Gasteiger partial charge in [-0.25, -0.2) is 0 Å². The van der Waals surface area contributed by atoms with Crippen molar-refractivity contribution in [3.63, 3.8) is 0 Å². The van der Waals surface area contributed by atoms with Crippen LogP contribution in [-0.2, 0) is 6.54 Å². The van der Waals surface area contributed by atoms with Gasteiger partial charge < -0.3 is 5.32 Å². The van der Waals surface area contributed by atoms with Gasteiger partial charge in [-0.05, 0) is 45.5 Å². The number of likely N-dealkylation sites (N-methyl/N-ethyl adjacent to an activating group) is 1. The third-order valence-corrected chi connectivity index (χ3v) is 3.63. The van der Waals surface area contributed by atoms with Crippen molar-refractivity contribution >= 4 is 22.9 Å². The molecule has 0 saturated carbocycles. The number of nitrogens with zero attached hydrogens (tertiary/aromatic N) is 1. The van der Waals surface area contributed by atoms with Crippen LogP contribution in [0.25, 0.3) is 0 Å². The van der Waals surface area contributed by atoms with E-state index in [4.69, 9.17) is 11.6 Å². The minimum Gasteiger partial charge on any atom is -0.308 e. The smallest absolute Gasteiger partial charge is 0.0931 e. The quantitative estimate of drug-likeness (QED) is 0.801. The third-order valence-electron chi connectivity index (χ3n) is 2.42. The minimum atomic E-state index is 0.142. The second-order valence-corrected chi connectivity index (χ2v) is 7.53. The maximum Gasteiger partial charge on any atom is 0.0931 e. The van der Waals surface area contributed by atoms with Crippen LogP contribution in [0.4, 0.5) is 0 Å². The molecule has 102 valence electrons. The first-order valence-corrected chi connectivity index (χ1v) is 7.30. The zero-order valence-corrected chi connectivity index (χ0v) is 13.3. The molecule has 0 aromatic carbocycles. The first-order chi connectivity index (χ1) is 8.26. The van der Waals surface area contributed by atoms with Crippen molar-refractivity contribution in [2.45, 2.75) is 32.9 Å². The monoisotopic (exact) mass is 286 g/mol. The molecule has 1 aromatic rings. The van der Waals surface area contributed by atoms with Crippen LogP contribution < -0.4 is 5.32 Å².